The minimum absolute atomic E-state index is 0.0367. The van der Waals surface area contributed by atoms with Gasteiger partial charge in [0.1, 0.15) is 0 Å². The van der Waals surface area contributed by atoms with Crippen LogP contribution in [0.5, 0.6) is 0 Å². The van der Waals surface area contributed by atoms with Crippen LogP contribution in [0.15, 0.2) is 34.2 Å². The molecule has 1 N–H and O–H groups in total. The molecule has 26 heavy (non-hydrogen) atoms. The molecular formula is C19H30N4O3. The lowest BCUT2D eigenvalue weighted by Crippen LogP contribution is -2.48. The largest absolute Gasteiger partial charge is 0.466 e. The SMILES string of the molecule is CCOC(=O)C1CCCN(C(=NC)NCCCCn2ccccc2=O)C1. The highest BCUT2D eigenvalue weighted by Crippen LogP contribution is 2.18. The summed E-state index contributed by atoms with van der Waals surface area (Å²) in [5.41, 5.74) is 0.0367. The van der Waals surface area contributed by atoms with Crippen LogP contribution < -0.4 is 10.9 Å². The highest BCUT2D eigenvalue weighted by molar-refractivity contribution is 5.81. The molecule has 0 saturated carbocycles. The number of ether oxygens (including phenoxy) is 1. The molecule has 0 spiro atoms. The summed E-state index contributed by atoms with van der Waals surface area (Å²) in [6.07, 6.45) is 5.51. The van der Waals surface area contributed by atoms with Gasteiger partial charge in [0, 0.05) is 45.5 Å². The molecule has 1 atom stereocenters. The molecule has 144 valence electrons. The molecule has 0 aromatic carbocycles. The second-order valence-corrected chi connectivity index (χ2v) is 6.45. The Balaban J connectivity index is 1.74. The number of carbonyl (C=O) groups excluding carboxylic acids is 1. The number of nitrogens with zero attached hydrogens (tertiary/aromatic N) is 3. The van der Waals surface area contributed by atoms with Crippen LogP contribution in [0, 0.1) is 5.92 Å². The van der Waals surface area contributed by atoms with Gasteiger partial charge in [0.15, 0.2) is 5.96 Å². The number of likely N-dealkylation sites (tertiary alicyclic amines) is 1. The molecule has 0 radical (unpaired) electrons. The fourth-order valence-electron chi connectivity index (χ4n) is 3.21. The van der Waals surface area contributed by atoms with E-state index in [4.69, 9.17) is 4.74 Å². The smallest absolute Gasteiger partial charge is 0.310 e. The Kier molecular flexibility index (Phi) is 8.18. The monoisotopic (exact) mass is 362 g/mol. The molecule has 1 fully saturated rings. The van der Waals surface area contributed by atoms with E-state index in [0.29, 0.717) is 19.7 Å². The van der Waals surface area contributed by atoms with Crippen LogP contribution in [0.3, 0.4) is 0 Å². The zero-order valence-corrected chi connectivity index (χ0v) is 15.8. The molecule has 7 heteroatoms. The van der Waals surface area contributed by atoms with Gasteiger partial charge in [0.25, 0.3) is 0 Å². The number of pyridine rings is 1. The fourth-order valence-corrected chi connectivity index (χ4v) is 3.21. The van der Waals surface area contributed by atoms with Crippen LogP contribution in [0.2, 0.25) is 0 Å². The molecule has 0 bridgehead atoms. The van der Waals surface area contributed by atoms with Gasteiger partial charge in [-0.05, 0) is 38.7 Å². The van der Waals surface area contributed by atoms with Crippen LogP contribution in [-0.4, -0.2) is 54.7 Å². The summed E-state index contributed by atoms with van der Waals surface area (Å²) >= 11 is 0. The van der Waals surface area contributed by atoms with Gasteiger partial charge in [-0.25, -0.2) is 0 Å². The lowest BCUT2D eigenvalue weighted by atomic mass is 9.98. The van der Waals surface area contributed by atoms with Crippen molar-refractivity contribution in [3.63, 3.8) is 0 Å². The number of esters is 1. The average molecular weight is 362 g/mol. The molecule has 1 unspecified atom stereocenters. The van der Waals surface area contributed by atoms with E-state index in [0.717, 1.165) is 44.7 Å². The van der Waals surface area contributed by atoms with E-state index in [1.165, 1.54) is 0 Å². The first-order valence-electron chi connectivity index (χ1n) is 9.43. The van der Waals surface area contributed by atoms with Gasteiger partial charge >= 0.3 is 5.97 Å². The standard InChI is InChI=1S/C19H30N4O3/c1-3-26-18(25)16-9-8-14-23(15-16)19(20-2)21-11-5-7-13-22-12-6-4-10-17(22)24/h4,6,10,12,16H,3,5,7-9,11,13-15H2,1-2H3,(H,20,21). The minimum Gasteiger partial charge on any atom is -0.466 e. The van der Waals surface area contributed by atoms with Crippen molar-refractivity contribution >= 4 is 11.9 Å². The maximum absolute atomic E-state index is 12.0. The van der Waals surface area contributed by atoms with Crippen molar-refractivity contribution in [2.24, 2.45) is 10.9 Å². The number of guanidine groups is 1. The van der Waals surface area contributed by atoms with Crippen molar-refractivity contribution in [1.82, 2.24) is 14.8 Å². The number of carbonyl (C=O) groups is 1. The maximum Gasteiger partial charge on any atom is 0.310 e. The summed E-state index contributed by atoms with van der Waals surface area (Å²) in [6, 6.07) is 5.21. The van der Waals surface area contributed by atoms with Gasteiger partial charge in [-0.2, -0.15) is 0 Å². The van der Waals surface area contributed by atoms with Crippen LogP contribution in [0.25, 0.3) is 0 Å². The molecule has 0 aliphatic carbocycles. The van der Waals surface area contributed by atoms with Gasteiger partial charge in [-0.3, -0.25) is 14.6 Å². The van der Waals surface area contributed by atoms with E-state index < -0.39 is 0 Å². The Hall–Kier alpha value is -2.31. The Bertz CT molecular complexity index is 656. The van der Waals surface area contributed by atoms with Gasteiger partial charge < -0.3 is 19.5 Å². The van der Waals surface area contributed by atoms with Gasteiger partial charge in [-0.1, -0.05) is 6.07 Å². The van der Waals surface area contributed by atoms with Crippen LogP contribution >= 0.6 is 0 Å². The maximum atomic E-state index is 12.0. The Morgan fingerprint density at radius 2 is 2.23 bits per heavy atom. The first-order valence-corrected chi connectivity index (χ1v) is 9.43. The van der Waals surface area contributed by atoms with E-state index in [1.54, 1.807) is 23.7 Å². The minimum atomic E-state index is -0.110. The first kappa shape index (κ1) is 20.0. The van der Waals surface area contributed by atoms with Crippen molar-refractivity contribution in [3.8, 4) is 0 Å². The van der Waals surface area contributed by atoms with Gasteiger partial charge in [-0.15, -0.1) is 0 Å². The van der Waals surface area contributed by atoms with Crippen molar-refractivity contribution in [2.45, 2.75) is 39.2 Å². The lowest BCUT2D eigenvalue weighted by molar-refractivity contribution is -0.149. The van der Waals surface area contributed by atoms with E-state index in [9.17, 15) is 9.59 Å². The third kappa shape index (κ3) is 5.89. The number of aryl methyl sites for hydroxylation is 1. The number of piperidine rings is 1. The summed E-state index contributed by atoms with van der Waals surface area (Å²) in [5.74, 6) is 0.643. The number of aromatic nitrogens is 1. The zero-order valence-electron chi connectivity index (χ0n) is 15.8. The van der Waals surface area contributed by atoms with E-state index in [1.807, 2.05) is 19.2 Å². The summed E-state index contributed by atoms with van der Waals surface area (Å²) in [7, 11) is 1.76. The number of nitrogens with one attached hydrogen (secondary N) is 1. The number of rotatable bonds is 7. The molecule has 1 aliphatic rings. The average Bonchev–Trinajstić information content (AvgIpc) is 2.66. The van der Waals surface area contributed by atoms with E-state index in [2.05, 4.69) is 15.2 Å². The van der Waals surface area contributed by atoms with Crippen molar-refractivity contribution < 1.29 is 9.53 Å². The predicted octanol–water partition coefficient (Wildman–Crippen LogP) is 1.48. The number of aliphatic imine (C=N–C) groups is 1. The Labute approximate surface area is 155 Å². The van der Waals surface area contributed by atoms with Gasteiger partial charge in [0.05, 0.1) is 12.5 Å². The molecule has 2 rings (SSSR count). The summed E-state index contributed by atoms with van der Waals surface area (Å²) in [4.78, 5) is 30.1. The topological polar surface area (TPSA) is 75.9 Å². The highest BCUT2D eigenvalue weighted by atomic mass is 16.5. The normalized spacial score (nSPS) is 17.8. The second-order valence-electron chi connectivity index (χ2n) is 6.45. The first-order chi connectivity index (χ1) is 12.7. The van der Waals surface area contributed by atoms with Crippen molar-refractivity contribution in [1.29, 1.82) is 0 Å². The molecular weight excluding hydrogens is 332 g/mol. The summed E-state index contributed by atoms with van der Waals surface area (Å²) in [6.45, 7) is 5.31. The Morgan fingerprint density at radius 1 is 1.38 bits per heavy atom. The molecule has 1 aromatic rings. The van der Waals surface area contributed by atoms with Gasteiger partial charge in [0.2, 0.25) is 5.56 Å². The van der Waals surface area contributed by atoms with E-state index in [-0.39, 0.29) is 17.4 Å². The number of unbranched alkanes of at least 4 members (excludes halogenated alkanes) is 1. The molecule has 2 heterocycles. The van der Waals surface area contributed by atoms with Crippen LogP contribution in [-0.2, 0) is 16.1 Å². The number of hydrogen-bond donors (Lipinski definition) is 1. The molecule has 1 aliphatic heterocycles. The fraction of sp³-hybridized carbons (Fsp3) is 0.632. The zero-order chi connectivity index (χ0) is 18.8. The Morgan fingerprint density at radius 3 is 2.96 bits per heavy atom. The summed E-state index contributed by atoms with van der Waals surface area (Å²) < 4.78 is 6.88. The highest BCUT2D eigenvalue weighted by Gasteiger charge is 2.28. The van der Waals surface area contributed by atoms with Crippen molar-refractivity contribution in [3.05, 3.63) is 34.7 Å². The molecule has 7 nitrogen and oxygen atoms in total. The van der Waals surface area contributed by atoms with Crippen molar-refractivity contribution in [2.75, 3.05) is 33.3 Å². The quantitative estimate of drug-likeness (QED) is 0.344. The molecule has 1 saturated heterocycles. The third-order valence-electron chi connectivity index (χ3n) is 4.56. The number of hydrogen-bond acceptors (Lipinski definition) is 4. The second kappa shape index (κ2) is 10.6. The van der Waals surface area contributed by atoms with E-state index >= 15 is 0 Å². The summed E-state index contributed by atoms with van der Waals surface area (Å²) in [5, 5.41) is 3.37. The predicted molar refractivity (Wildman–Crippen MR) is 102 cm³/mol. The lowest BCUT2D eigenvalue weighted by Gasteiger charge is -2.34. The van der Waals surface area contributed by atoms with Crippen LogP contribution in [0.1, 0.15) is 32.6 Å². The molecule has 0 amide bonds. The third-order valence-corrected chi connectivity index (χ3v) is 4.56. The molecule has 1 aromatic heterocycles. The van der Waals surface area contributed by atoms with Crippen LogP contribution in [0.4, 0.5) is 0 Å².